The van der Waals surface area contributed by atoms with E-state index in [4.69, 9.17) is 18.8 Å². The number of ether oxygens (including phenoxy) is 2. The average Bonchev–Trinajstić information content (AvgIpc) is 2.32. The minimum atomic E-state index is -0.936. The lowest BCUT2D eigenvalue weighted by atomic mass is 9.86. The number of carboxylic acid groups (broad SMARTS) is 1. The van der Waals surface area contributed by atoms with Crippen LogP contribution in [0.15, 0.2) is 0 Å². The van der Waals surface area contributed by atoms with Gasteiger partial charge < -0.3 is 18.8 Å². The topological polar surface area (TPSA) is 65.0 Å². The third kappa shape index (κ3) is 14.6. The zero-order valence-electron chi connectivity index (χ0n) is 11.5. The summed E-state index contributed by atoms with van der Waals surface area (Å²) in [4.78, 5) is 10.2. The van der Waals surface area contributed by atoms with E-state index in [0.29, 0.717) is 19.8 Å². The Hall–Kier alpha value is 0.430. The van der Waals surface area contributed by atoms with E-state index in [9.17, 15) is 4.79 Å². The van der Waals surface area contributed by atoms with Crippen LogP contribution in [0.25, 0.3) is 0 Å². The standard InChI is InChI=1S/C12H23IO5S/c1-12(2,5-9-18-19-13)4-8-16-6-3-7-17-10-11(14)15/h3-10H2,1-2H3,(H,14,15). The third-order valence-corrected chi connectivity index (χ3v) is 3.65. The largest absolute Gasteiger partial charge is 0.480 e. The highest BCUT2D eigenvalue weighted by Gasteiger charge is 2.17. The van der Waals surface area contributed by atoms with Crippen LogP contribution < -0.4 is 0 Å². The molecular formula is C12H23IO5S. The number of hydrogen-bond donors (Lipinski definition) is 1. The molecule has 0 radical (unpaired) electrons. The lowest BCUT2D eigenvalue weighted by Gasteiger charge is -2.23. The summed E-state index contributed by atoms with van der Waals surface area (Å²) in [6, 6.07) is 0. The van der Waals surface area contributed by atoms with Gasteiger partial charge in [0.05, 0.1) is 15.8 Å². The summed E-state index contributed by atoms with van der Waals surface area (Å²) in [6.07, 6.45) is 2.72. The zero-order chi connectivity index (χ0) is 14.6. The fourth-order valence-corrected chi connectivity index (χ4v) is 2.03. The van der Waals surface area contributed by atoms with Gasteiger partial charge in [-0.3, -0.25) is 0 Å². The molecule has 0 aromatic rings. The molecule has 0 aliphatic heterocycles. The van der Waals surface area contributed by atoms with Crippen molar-refractivity contribution < 1.29 is 23.6 Å². The summed E-state index contributed by atoms with van der Waals surface area (Å²) in [7, 11) is 1.37. The van der Waals surface area contributed by atoms with Gasteiger partial charge in [-0.25, -0.2) is 4.79 Å². The van der Waals surface area contributed by atoms with Crippen LogP contribution in [0.1, 0.15) is 33.1 Å². The maximum Gasteiger partial charge on any atom is 0.329 e. The summed E-state index contributed by atoms with van der Waals surface area (Å²) in [5, 5.41) is 8.36. The number of halogens is 1. The minimum absolute atomic E-state index is 0.214. The van der Waals surface area contributed by atoms with Crippen LogP contribution in [-0.4, -0.2) is 44.1 Å². The van der Waals surface area contributed by atoms with E-state index in [-0.39, 0.29) is 12.0 Å². The van der Waals surface area contributed by atoms with Crippen molar-refractivity contribution in [3.8, 4) is 0 Å². The van der Waals surface area contributed by atoms with Crippen molar-refractivity contribution in [2.75, 3.05) is 33.0 Å². The molecule has 0 saturated heterocycles. The van der Waals surface area contributed by atoms with Crippen LogP contribution >= 0.6 is 30.4 Å². The maximum absolute atomic E-state index is 10.2. The summed E-state index contributed by atoms with van der Waals surface area (Å²) < 4.78 is 15.7. The smallest absolute Gasteiger partial charge is 0.329 e. The van der Waals surface area contributed by atoms with E-state index < -0.39 is 5.97 Å². The number of aliphatic carboxylic acids is 1. The Balaban J connectivity index is 3.34. The molecule has 0 aliphatic rings. The van der Waals surface area contributed by atoms with Gasteiger partial charge in [0.2, 0.25) is 0 Å². The van der Waals surface area contributed by atoms with Gasteiger partial charge in [-0.15, -0.1) is 0 Å². The van der Waals surface area contributed by atoms with Crippen molar-refractivity contribution in [3.05, 3.63) is 0 Å². The molecule has 0 aromatic carbocycles. The van der Waals surface area contributed by atoms with Gasteiger partial charge in [-0.2, -0.15) is 0 Å². The zero-order valence-corrected chi connectivity index (χ0v) is 14.5. The molecule has 0 aromatic heterocycles. The molecule has 0 saturated carbocycles. The first-order chi connectivity index (χ1) is 8.98. The SMILES string of the molecule is CC(C)(CCOCCCOCC(=O)O)CCOSI. The summed E-state index contributed by atoms with van der Waals surface area (Å²) in [5.74, 6) is -0.936. The summed E-state index contributed by atoms with van der Waals surface area (Å²) in [5.41, 5.74) is 0.214. The van der Waals surface area contributed by atoms with Crippen LogP contribution in [0.4, 0.5) is 0 Å². The van der Waals surface area contributed by atoms with E-state index in [1.54, 1.807) is 0 Å². The highest BCUT2D eigenvalue weighted by Crippen LogP contribution is 2.26. The molecule has 0 heterocycles. The minimum Gasteiger partial charge on any atom is -0.480 e. The van der Waals surface area contributed by atoms with Crippen molar-refractivity contribution in [1.82, 2.24) is 0 Å². The van der Waals surface area contributed by atoms with Crippen molar-refractivity contribution in [3.63, 3.8) is 0 Å². The van der Waals surface area contributed by atoms with E-state index in [1.165, 1.54) is 9.21 Å². The lowest BCUT2D eigenvalue weighted by Crippen LogP contribution is -2.17. The molecule has 0 rings (SSSR count). The fraction of sp³-hybridized carbons (Fsp3) is 0.917. The second kappa shape index (κ2) is 12.2. The van der Waals surface area contributed by atoms with Crippen LogP contribution in [0.5, 0.6) is 0 Å². The fourth-order valence-electron chi connectivity index (χ4n) is 1.35. The summed E-state index contributed by atoms with van der Waals surface area (Å²) in [6.45, 7) is 6.67. The van der Waals surface area contributed by atoms with Gasteiger partial charge in [0.25, 0.3) is 0 Å². The molecule has 7 heteroatoms. The van der Waals surface area contributed by atoms with Crippen molar-refractivity contribution in [2.45, 2.75) is 33.1 Å². The molecular weight excluding hydrogens is 383 g/mol. The number of rotatable bonds is 13. The molecule has 0 unspecified atom stereocenters. The second-order valence-corrected chi connectivity index (χ2v) is 6.40. The first kappa shape index (κ1) is 19.4. The lowest BCUT2D eigenvalue weighted by molar-refractivity contribution is -0.142. The molecule has 0 aliphatic carbocycles. The third-order valence-electron chi connectivity index (χ3n) is 2.63. The van der Waals surface area contributed by atoms with Crippen LogP contribution in [0.2, 0.25) is 0 Å². The molecule has 114 valence electrons. The van der Waals surface area contributed by atoms with Crippen LogP contribution in [-0.2, 0) is 18.5 Å². The first-order valence-electron chi connectivity index (χ1n) is 6.25. The Morgan fingerprint density at radius 2 is 1.79 bits per heavy atom. The predicted molar refractivity (Wildman–Crippen MR) is 84.5 cm³/mol. The molecule has 1 N–H and O–H groups in total. The second-order valence-electron chi connectivity index (χ2n) is 4.96. The van der Waals surface area contributed by atoms with Crippen LogP contribution in [0.3, 0.4) is 0 Å². The number of carboxylic acids is 1. The van der Waals surface area contributed by atoms with Gasteiger partial charge in [0.15, 0.2) is 0 Å². The summed E-state index contributed by atoms with van der Waals surface area (Å²) >= 11 is 2.11. The van der Waals surface area contributed by atoms with Gasteiger partial charge in [-0.1, -0.05) is 13.8 Å². The van der Waals surface area contributed by atoms with E-state index >= 15 is 0 Å². The molecule has 19 heavy (non-hydrogen) atoms. The molecule has 0 amide bonds. The van der Waals surface area contributed by atoms with E-state index in [1.807, 2.05) is 0 Å². The molecule has 0 spiro atoms. The average molecular weight is 406 g/mol. The molecule has 0 atom stereocenters. The highest BCUT2D eigenvalue weighted by atomic mass is 127. The monoisotopic (exact) mass is 406 g/mol. The first-order valence-corrected chi connectivity index (χ1v) is 9.54. The molecule has 5 nitrogen and oxygen atoms in total. The van der Waals surface area contributed by atoms with Crippen LogP contribution in [0, 0.1) is 5.41 Å². The van der Waals surface area contributed by atoms with Gasteiger partial charge in [0.1, 0.15) is 6.61 Å². The van der Waals surface area contributed by atoms with Gasteiger partial charge >= 0.3 is 5.97 Å². The van der Waals surface area contributed by atoms with Gasteiger partial charge in [-0.05, 0) is 24.7 Å². The highest BCUT2D eigenvalue weighted by molar-refractivity contribution is 14.2. The number of hydrogen-bond acceptors (Lipinski definition) is 5. The van der Waals surface area contributed by atoms with Crippen molar-refractivity contribution >= 4 is 36.4 Å². The van der Waals surface area contributed by atoms with E-state index in [0.717, 1.165) is 25.9 Å². The Morgan fingerprint density at radius 3 is 2.42 bits per heavy atom. The van der Waals surface area contributed by atoms with Gasteiger partial charge in [0, 0.05) is 41.0 Å². The molecule has 0 bridgehead atoms. The Labute approximate surface area is 131 Å². The predicted octanol–water partition coefficient (Wildman–Crippen LogP) is 3.32. The number of carbonyl (C=O) groups is 1. The Bertz CT molecular complexity index is 238. The normalized spacial score (nSPS) is 11.7. The Kier molecular flexibility index (Phi) is 12.5. The molecule has 0 fully saturated rings. The quantitative estimate of drug-likeness (QED) is 0.288. The van der Waals surface area contributed by atoms with Crippen molar-refractivity contribution in [1.29, 1.82) is 0 Å². The van der Waals surface area contributed by atoms with Crippen molar-refractivity contribution in [2.24, 2.45) is 5.41 Å². The van der Waals surface area contributed by atoms with E-state index in [2.05, 4.69) is 35.1 Å². The Morgan fingerprint density at radius 1 is 1.16 bits per heavy atom. The maximum atomic E-state index is 10.2.